The molecule has 0 bridgehead atoms. The summed E-state index contributed by atoms with van der Waals surface area (Å²) in [5, 5.41) is 6.86. The molecular weight excluding hydrogens is 344 g/mol. The van der Waals surface area contributed by atoms with Gasteiger partial charge in [-0.05, 0) is 75.2 Å². The minimum atomic E-state index is 0.369. The molecule has 0 fully saturated rings. The normalized spacial score (nSPS) is 11.1. The number of hydrogen-bond donors (Lipinski definition) is 4. The second-order valence-electron chi connectivity index (χ2n) is 7.78. The Labute approximate surface area is 168 Å². The monoisotopic (exact) mass is 374 g/mol. The van der Waals surface area contributed by atoms with Crippen molar-refractivity contribution in [3.63, 3.8) is 0 Å². The summed E-state index contributed by atoms with van der Waals surface area (Å²) in [6.45, 7) is 8.49. The first-order valence-electron chi connectivity index (χ1n) is 9.76. The van der Waals surface area contributed by atoms with Crippen molar-refractivity contribution in [2.45, 2.75) is 39.8 Å². The molecule has 4 heteroatoms. The number of nitrogens with two attached hydrogens (primary N) is 2. The topological polar surface area (TPSA) is 76.1 Å². The molecule has 3 aromatic carbocycles. The first-order valence-corrected chi connectivity index (χ1v) is 9.76. The third-order valence-electron chi connectivity index (χ3n) is 4.52. The second kappa shape index (κ2) is 8.26. The van der Waals surface area contributed by atoms with Crippen molar-refractivity contribution in [1.29, 1.82) is 0 Å². The Morgan fingerprint density at radius 1 is 0.571 bits per heavy atom. The molecule has 0 aliphatic rings. The highest BCUT2D eigenvalue weighted by Crippen LogP contribution is 2.33. The molecule has 0 saturated carbocycles. The van der Waals surface area contributed by atoms with Gasteiger partial charge in [-0.15, -0.1) is 0 Å². The van der Waals surface area contributed by atoms with Gasteiger partial charge in [-0.25, -0.2) is 0 Å². The summed E-state index contributed by atoms with van der Waals surface area (Å²) in [6, 6.07) is 21.3. The van der Waals surface area contributed by atoms with Crippen LogP contribution in [0.1, 0.15) is 27.7 Å². The number of rotatable bonds is 6. The van der Waals surface area contributed by atoms with Crippen LogP contribution >= 0.6 is 0 Å². The van der Waals surface area contributed by atoms with Gasteiger partial charge in [-0.1, -0.05) is 24.3 Å². The predicted octanol–water partition coefficient (Wildman–Crippen LogP) is 5.83. The maximum atomic E-state index is 6.24. The zero-order valence-corrected chi connectivity index (χ0v) is 17.1. The third-order valence-corrected chi connectivity index (χ3v) is 4.52. The van der Waals surface area contributed by atoms with Crippen molar-refractivity contribution in [2.24, 2.45) is 0 Å². The molecule has 0 aromatic heterocycles. The van der Waals surface area contributed by atoms with Crippen LogP contribution < -0.4 is 22.1 Å². The van der Waals surface area contributed by atoms with E-state index in [9.17, 15) is 0 Å². The van der Waals surface area contributed by atoms with Gasteiger partial charge < -0.3 is 22.1 Å². The number of nitrogens with one attached hydrogen (secondary N) is 2. The maximum absolute atomic E-state index is 6.24. The van der Waals surface area contributed by atoms with Crippen LogP contribution in [0.3, 0.4) is 0 Å². The Kier molecular flexibility index (Phi) is 5.78. The molecule has 146 valence electrons. The van der Waals surface area contributed by atoms with E-state index in [1.165, 1.54) is 0 Å². The van der Waals surface area contributed by atoms with Crippen LogP contribution in [0.25, 0.3) is 22.3 Å². The molecule has 0 heterocycles. The van der Waals surface area contributed by atoms with E-state index in [2.05, 4.69) is 74.7 Å². The molecule has 0 amide bonds. The molecule has 0 aliphatic carbocycles. The zero-order valence-electron chi connectivity index (χ0n) is 17.1. The van der Waals surface area contributed by atoms with Gasteiger partial charge in [0, 0.05) is 46.0 Å². The molecular formula is C24H30N4. The summed E-state index contributed by atoms with van der Waals surface area (Å²) in [5.74, 6) is 0. The van der Waals surface area contributed by atoms with Crippen molar-refractivity contribution in [2.75, 3.05) is 22.1 Å². The quantitative estimate of drug-likeness (QED) is 0.410. The van der Waals surface area contributed by atoms with Crippen molar-refractivity contribution in [3.8, 4) is 22.3 Å². The highest BCUT2D eigenvalue weighted by atomic mass is 14.9. The maximum Gasteiger partial charge on any atom is 0.0395 e. The van der Waals surface area contributed by atoms with E-state index >= 15 is 0 Å². The van der Waals surface area contributed by atoms with Crippen molar-refractivity contribution < 1.29 is 0 Å². The summed E-state index contributed by atoms with van der Waals surface area (Å²) < 4.78 is 0. The van der Waals surface area contributed by atoms with Crippen LogP contribution in [0, 0.1) is 0 Å². The fraction of sp³-hybridized carbons (Fsp3) is 0.250. The van der Waals surface area contributed by atoms with Gasteiger partial charge in [0.15, 0.2) is 0 Å². The van der Waals surface area contributed by atoms with Gasteiger partial charge in [0.05, 0.1) is 0 Å². The van der Waals surface area contributed by atoms with Gasteiger partial charge in [-0.3, -0.25) is 0 Å². The second-order valence-corrected chi connectivity index (χ2v) is 7.78. The van der Waals surface area contributed by atoms with Crippen LogP contribution in [0.5, 0.6) is 0 Å². The van der Waals surface area contributed by atoms with Gasteiger partial charge >= 0.3 is 0 Å². The minimum Gasteiger partial charge on any atom is -0.398 e. The highest BCUT2D eigenvalue weighted by Gasteiger charge is 2.08. The van der Waals surface area contributed by atoms with Crippen LogP contribution in [-0.2, 0) is 0 Å². The predicted molar refractivity (Wildman–Crippen MR) is 124 cm³/mol. The lowest BCUT2D eigenvalue weighted by Gasteiger charge is -2.15. The highest BCUT2D eigenvalue weighted by molar-refractivity contribution is 5.84. The first-order chi connectivity index (χ1) is 13.3. The largest absolute Gasteiger partial charge is 0.398 e. The SMILES string of the molecule is CC(C)Nc1ccc(N)c(-c2ccc(-c3cc(NC(C)C)ccc3N)cc2)c1. The molecule has 3 aromatic rings. The van der Waals surface area contributed by atoms with E-state index in [1.807, 2.05) is 24.3 Å². The number of benzene rings is 3. The Bertz CT molecular complexity index is 865. The average molecular weight is 375 g/mol. The molecule has 0 unspecified atom stereocenters. The van der Waals surface area contributed by atoms with E-state index in [1.54, 1.807) is 0 Å². The molecule has 0 radical (unpaired) electrons. The Balaban J connectivity index is 1.92. The smallest absolute Gasteiger partial charge is 0.0395 e. The molecule has 0 saturated heterocycles. The van der Waals surface area contributed by atoms with Crippen LogP contribution in [0.4, 0.5) is 22.7 Å². The lowest BCUT2D eigenvalue weighted by Crippen LogP contribution is -2.09. The van der Waals surface area contributed by atoms with Crippen LogP contribution in [-0.4, -0.2) is 12.1 Å². The van der Waals surface area contributed by atoms with Gasteiger partial charge in [0.25, 0.3) is 0 Å². The number of nitrogen functional groups attached to an aromatic ring is 2. The van der Waals surface area contributed by atoms with Gasteiger partial charge in [0.2, 0.25) is 0 Å². The van der Waals surface area contributed by atoms with E-state index in [-0.39, 0.29) is 0 Å². The molecule has 28 heavy (non-hydrogen) atoms. The molecule has 0 spiro atoms. The lowest BCUT2D eigenvalue weighted by atomic mass is 9.97. The van der Waals surface area contributed by atoms with Gasteiger partial charge in [-0.2, -0.15) is 0 Å². The van der Waals surface area contributed by atoms with Crippen molar-refractivity contribution >= 4 is 22.7 Å². The van der Waals surface area contributed by atoms with E-state index < -0.39 is 0 Å². The van der Waals surface area contributed by atoms with Crippen molar-refractivity contribution in [3.05, 3.63) is 60.7 Å². The molecule has 4 nitrogen and oxygen atoms in total. The molecule has 6 N–H and O–H groups in total. The van der Waals surface area contributed by atoms with Crippen LogP contribution in [0.15, 0.2) is 60.7 Å². The van der Waals surface area contributed by atoms with Crippen LogP contribution in [0.2, 0.25) is 0 Å². The summed E-state index contributed by atoms with van der Waals surface area (Å²) in [7, 11) is 0. The third kappa shape index (κ3) is 4.58. The summed E-state index contributed by atoms with van der Waals surface area (Å²) >= 11 is 0. The fourth-order valence-corrected chi connectivity index (χ4v) is 3.29. The molecule has 3 rings (SSSR count). The standard InChI is InChI=1S/C24H30N4/c1-15(2)27-19-9-11-23(25)21(13-19)17-5-7-18(8-6-17)22-14-20(28-16(3)4)10-12-24(22)26/h5-16,27-28H,25-26H2,1-4H3. The Hall–Kier alpha value is -3.14. The van der Waals surface area contributed by atoms with Gasteiger partial charge in [0.1, 0.15) is 0 Å². The average Bonchev–Trinajstić information content (AvgIpc) is 2.64. The Morgan fingerprint density at radius 2 is 0.929 bits per heavy atom. The summed E-state index contributed by atoms with van der Waals surface area (Å²) in [4.78, 5) is 0. The molecule has 0 atom stereocenters. The number of anilines is 4. The van der Waals surface area contributed by atoms with E-state index in [4.69, 9.17) is 11.5 Å². The zero-order chi connectivity index (χ0) is 20.3. The Morgan fingerprint density at radius 3 is 1.25 bits per heavy atom. The summed E-state index contributed by atoms with van der Waals surface area (Å²) in [6.07, 6.45) is 0. The van der Waals surface area contributed by atoms with E-state index in [0.29, 0.717) is 12.1 Å². The minimum absolute atomic E-state index is 0.369. The van der Waals surface area contributed by atoms with E-state index in [0.717, 1.165) is 45.0 Å². The molecule has 0 aliphatic heterocycles. The fourth-order valence-electron chi connectivity index (χ4n) is 3.29. The first kappa shape index (κ1) is 19.6. The number of hydrogen-bond acceptors (Lipinski definition) is 4. The lowest BCUT2D eigenvalue weighted by molar-refractivity contribution is 0.900. The summed E-state index contributed by atoms with van der Waals surface area (Å²) in [5.41, 5.74) is 20.4. The van der Waals surface area contributed by atoms with Crippen molar-refractivity contribution in [1.82, 2.24) is 0 Å².